The molecular formula is C24H30F3N3O3. The maximum Gasteiger partial charge on any atom is 0.264 e. The number of rotatable bonds is 5. The van der Waals surface area contributed by atoms with Gasteiger partial charge in [-0.1, -0.05) is 0 Å². The zero-order valence-electron chi connectivity index (χ0n) is 18.6. The molecule has 0 atom stereocenters. The number of anilines is 1. The van der Waals surface area contributed by atoms with Gasteiger partial charge in [-0.15, -0.1) is 0 Å². The van der Waals surface area contributed by atoms with E-state index in [-0.39, 0.29) is 34.4 Å². The van der Waals surface area contributed by atoms with Crippen molar-refractivity contribution in [3.05, 3.63) is 29.6 Å². The Balaban J connectivity index is 1.09. The highest BCUT2D eigenvalue weighted by Gasteiger charge is 2.53. The highest BCUT2D eigenvalue weighted by molar-refractivity contribution is 5.92. The van der Waals surface area contributed by atoms with Crippen LogP contribution in [-0.2, 0) is 14.3 Å². The second-order valence-electron chi connectivity index (χ2n) is 10.3. The lowest BCUT2D eigenvalue weighted by Gasteiger charge is -2.53. The van der Waals surface area contributed by atoms with E-state index in [1.807, 2.05) is 4.90 Å². The summed E-state index contributed by atoms with van der Waals surface area (Å²) < 4.78 is 45.0. The summed E-state index contributed by atoms with van der Waals surface area (Å²) in [5, 5.41) is 2.61. The van der Waals surface area contributed by atoms with Crippen molar-refractivity contribution in [1.82, 2.24) is 9.80 Å². The van der Waals surface area contributed by atoms with E-state index >= 15 is 0 Å². The number of nitrogens with zero attached hydrogens (tertiary/aromatic N) is 2. The minimum absolute atomic E-state index is 0.0406. The van der Waals surface area contributed by atoms with E-state index in [1.165, 1.54) is 0 Å². The minimum Gasteiger partial charge on any atom is -0.377 e. The number of likely N-dealkylation sites (tertiary alicyclic amines) is 1. The van der Waals surface area contributed by atoms with E-state index in [9.17, 15) is 22.8 Å². The Hall–Kier alpha value is -2.13. The summed E-state index contributed by atoms with van der Waals surface area (Å²) in [6.45, 7) is 4.13. The number of carbonyl (C=O) groups excluding carboxylic acids is 2. The molecule has 2 saturated heterocycles. The van der Waals surface area contributed by atoms with Gasteiger partial charge in [0.1, 0.15) is 5.82 Å². The van der Waals surface area contributed by atoms with Crippen LogP contribution in [0.15, 0.2) is 18.2 Å². The predicted molar refractivity (Wildman–Crippen MR) is 115 cm³/mol. The molecule has 2 amide bonds. The van der Waals surface area contributed by atoms with Gasteiger partial charge in [0.15, 0.2) is 0 Å². The fraction of sp³-hybridized carbons (Fsp3) is 0.667. The van der Waals surface area contributed by atoms with Crippen molar-refractivity contribution in [3.8, 4) is 0 Å². The lowest BCUT2D eigenvalue weighted by Crippen LogP contribution is -2.61. The number of amides is 2. The van der Waals surface area contributed by atoms with E-state index in [2.05, 4.69) is 10.2 Å². The molecule has 1 N–H and O–H groups in total. The van der Waals surface area contributed by atoms with Crippen LogP contribution in [0.3, 0.4) is 0 Å². The van der Waals surface area contributed by atoms with Gasteiger partial charge in [-0.25, -0.2) is 13.2 Å². The normalized spacial score (nSPS) is 24.2. The molecule has 0 radical (unpaired) electrons. The monoisotopic (exact) mass is 465 g/mol. The van der Waals surface area contributed by atoms with E-state index in [0.717, 1.165) is 57.0 Å². The summed E-state index contributed by atoms with van der Waals surface area (Å²) in [4.78, 5) is 29.7. The Morgan fingerprint density at radius 3 is 2.52 bits per heavy atom. The molecule has 2 spiro atoms. The largest absolute Gasteiger partial charge is 0.377 e. The third-order valence-corrected chi connectivity index (χ3v) is 7.86. The number of benzene rings is 1. The molecule has 33 heavy (non-hydrogen) atoms. The molecule has 1 aromatic rings. The number of hydrogen-bond acceptors (Lipinski definition) is 4. The summed E-state index contributed by atoms with van der Waals surface area (Å²) in [6.07, 6.45) is 2.47. The first-order valence-corrected chi connectivity index (χ1v) is 11.8. The van der Waals surface area contributed by atoms with Crippen LogP contribution in [0.1, 0.15) is 50.5 Å². The Labute approximate surface area is 191 Å². The van der Waals surface area contributed by atoms with Gasteiger partial charge in [-0.05, 0) is 62.1 Å². The lowest BCUT2D eigenvalue weighted by molar-refractivity contribution is -0.147. The van der Waals surface area contributed by atoms with Gasteiger partial charge in [0.25, 0.3) is 6.43 Å². The van der Waals surface area contributed by atoms with Gasteiger partial charge < -0.3 is 15.0 Å². The first-order valence-electron chi connectivity index (χ1n) is 11.8. The average Bonchev–Trinajstić information content (AvgIpc) is 3.52. The predicted octanol–water partition coefficient (Wildman–Crippen LogP) is 3.59. The fourth-order valence-electron chi connectivity index (χ4n) is 5.84. The Morgan fingerprint density at radius 2 is 1.85 bits per heavy atom. The van der Waals surface area contributed by atoms with Crippen LogP contribution >= 0.6 is 0 Å². The third kappa shape index (κ3) is 4.62. The summed E-state index contributed by atoms with van der Waals surface area (Å²) in [5.74, 6) is -1.06. The SMILES string of the molecule is O=C(Nc1cc(F)cc(C(F)F)c1)C1CCC2(CC1)CN(CC(=O)N1CCOCC13CC3)C2. The quantitative estimate of drug-likeness (QED) is 0.722. The molecule has 0 aromatic heterocycles. The van der Waals surface area contributed by atoms with Crippen molar-refractivity contribution in [2.75, 3.05) is 44.7 Å². The molecule has 5 rings (SSSR count). The van der Waals surface area contributed by atoms with Crippen molar-refractivity contribution in [2.24, 2.45) is 11.3 Å². The van der Waals surface area contributed by atoms with Crippen molar-refractivity contribution in [2.45, 2.75) is 50.5 Å². The molecule has 180 valence electrons. The minimum atomic E-state index is -2.79. The lowest BCUT2D eigenvalue weighted by atomic mass is 9.65. The van der Waals surface area contributed by atoms with Crippen LogP contribution < -0.4 is 5.32 Å². The van der Waals surface area contributed by atoms with Gasteiger partial charge in [0, 0.05) is 36.8 Å². The van der Waals surface area contributed by atoms with Gasteiger partial charge in [0.2, 0.25) is 11.8 Å². The highest BCUT2D eigenvalue weighted by atomic mass is 19.3. The first kappa shape index (κ1) is 22.7. The smallest absolute Gasteiger partial charge is 0.264 e. The molecule has 2 saturated carbocycles. The van der Waals surface area contributed by atoms with Gasteiger partial charge >= 0.3 is 0 Å². The second-order valence-corrected chi connectivity index (χ2v) is 10.3. The topological polar surface area (TPSA) is 61.9 Å². The number of morpholine rings is 1. The molecule has 9 heteroatoms. The molecule has 6 nitrogen and oxygen atoms in total. The van der Waals surface area contributed by atoms with Crippen LogP contribution in [-0.4, -0.2) is 66.5 Å². The number of carbonyl (C=O) groups is 2. The van der Waals surface area contributed by atoms with E-state index < -0.39 is 17.8 Å². The second kappa shape index (κ2) is 8.58. The number of nitrogens with one attached hydrogen (secondary N) is 1. The number of alkyl halides is 2. The number of halogens is 3. The van der Waals surface area contributed by atoms with Crippen LogP contribution in [0.5, 0.6) is 0 Å². The molecule has 4 aliphatic rings. The van der Waals surface area contributed by atoms with Gasteiger partial charge in [0.05, 0.1) is 25.3 Å². The van der Waals surface area contributed by atoms with Crippen molar-refractivity contribution in [3.63, 3.8) is 0 Å². The maximum atomic E-state index is 13.6. The van der Waals surface area contributed by atoms with Crippen molar-refractivity contribution < 1.29 is 27.5 Å². The molecule has 1 aromatic carbocycles. The van der Waals surface area contributed by atoms with Crippen molar-refractivity contribution >= 4 is 17.5 Å². The molecule has 0 bridgehead atoms. The van der Waals surface area contributed by atoms with E-state index in [1.54, 1.807) is 0 Å². The molecule has 2 heterocycles. The third-order valence-electron chi connectivity index (χ3n) is 7.86. The summed E-state index contributed by atoms with van der Waals surface area (Å²) in [5.41, 5.74) is -0.260. The zero-order chi connectivity index (χ0) is 23.2. The molecule has 0 unspecified atom stereocenters. The molecule has 2 aliphatic carbocycles. The molecule has 2 aliphatic heterocycles. The van der Waals surface area contributed by atoms with Crippen LogP contribution in [0.4, 0.5) is 18.9 Å². The number of ether oxygens (including phenoxy) is 1. The summed E-state index contributed by atoms with van der Waals surface area (Å²) in [7, 11) is 0. The van der Waals surface area contributed by atoms with Crippen LogP contribution in [0.2, 0.25) is 0 Å². The Bertz CT molecular complexity index is 921. The van der Waals surface area contributed by atoms with Crippen molar-refractivity contribution in [1.29, 1.82) is 0 Å². The molecule has 4 fully saturated rings. The van der Waals surface area contributed by atoms with Crippen LogP contribution in [0, 0.1) is 17.2 Å². The summed E-state index contributed by atoms with van der Waals surface area (Å²) in [6, 6.07) is 2.97. The fourth-order valence-corrected chi connectivity index (χ4v) is 5.84. The average molecular weight is 466 g/mol. The number of hydrogen-bond donors (Lipinski definition) is 1. The van der Waals surface area contributed by atoms with E-state index in [0.29, 0.717) is 39.1 Å². The maximum absolute atomic E-state index is 13.6. The van der Waals surface area contributed by atoms with E-state index in [4.69, 9.17) is 4.74 Å². The Kier molecular flexibility index (Phi) is 5.89. The zero-order valence-corrected chi connectivity index (χ0v) is 18.6. The summed E-state index contributed by atoms with van der Waals surface area (Å²) >= 11 is 0. The highest BCUT2D eigenvalue weighted by Crippen LogP contribution is 2.47. The molecular weight excluding hydrogens is 435 g/mol. The standard InChI is InChI=1S/C24H30F3N3O3/c25-18-9-17(21(26)27)10-19(11-18)28-22(32)16-1-3-23(4-2-16)13-29(14-23)12-20(31)30-7-8-33-15-24(30)5-6-24/h9-11,16,21H,1-8,12-15H2,(H,28,32). The Morgan fingerprint density at radius 1 is 1.12 bits per heavy atom. The van der Waals surface area contributed by atoms with Crippen LogP contribution in [0.25, 0.3) is 0 Å². The first-order chi connectivity index (χ1) is 15.8. The van der Waals surface area contributed by atoms with Gasteiger partial charge in [-0.3, -0.25) is 14.5 Å². The van der Waals surface area contributed by atoms with Gasteiger partial charge in [-0.2, -0.15) is 0 Å².